The lowest BCUT2D eigenvalue weighted by Crippen LogP contribution is -2.34. The molecular weight excluding hydrogens is 216 g/mol. The quantitative estimate of drug-likeness (QED) is 0.280. The Labute approximate surface area is 100 Å². The third-order valence-corrected chi connectivity index (χ3v) is 3.06. The van der Waals surface area contributed by atoms with E-state index < -0.39 is 0 Å². The molecule has 0 heterocycles. The molecular formula is C13H16N2O2. The Morgan fingerprint density at radius 1 is 1.29 bits per heavy atom. The van der Waals surface area contributed by atoms with E-state index in [2.05, 4.69) is 5.16 Å². The summed E-state index contributed by atoms with van der Waals surface area (Å²) in [7, 11) is 0. The highest BCUT2D eigenvalue weighted by Crippen LogP contribution is 2.18. The first kappa shape index (κ1) is 11.6. The molecule has 1 fully saturated rings. The number of rotatable bonds is 2. The number of nitrogens with zero attached hydrogens (tertiary/aromatic N) is 2. The van der Waals surface area contributed by atoms with Crippen LogP contribution in [0, 0.1) is 5.21 Å². The third kappa shape index (κ3) is 2.84. The Kier molecular flexibility index (Phi) is 3.75. The fraction of sp³-hybridized carbons (Fsp3) is 0.385. The van der Waals surface area contributed by atoms with Gasteiger partial charge in [-0.3, -0.25) is 0 Å². The second-order valence-corrected chi connectivity index (χ2v) is 4.25. The summed E-state index contributed by atoms with van der Waals surface area (Å²) in [6.07, 6.45) is 5.02. The molecule has 1 N–H and O–H groups in total. The van der Waals surface area contributed by atoms with Gasteiger partial charge in [0.15, 0.2) is 6.21 Å². The number of oxime groups is 1. The summed E-state index contributed by atoms with van der Waals surface area (Å²) < 4.78 is 0.906. The Morgan fingerprint density at radius 2 is 2.06 bits per heavy atom. The van der Waals surface area contributed by atoms with E-state index in [0.29, 0.717) is 12.1 Å². The van der Waals surface area contributed by atoms with Gasteiger partial charge in [-0.25, -0.2) is 4.74 Å². The maximum absolute atomic E-state index is 12.0. The maximum atomic E-state index is 12.0. The van der Waals surface area contributed by atoms with Crippen LogP contribution in [-0.4, -0.2) is 27.9 Å². The minimum absolute atomic E-state index is 0.311. The molecule has 0 aromatic heterocycles. The molecule has 4 heteroatoms. The third-order valence-electron chi connectivity index (χ3n) is 3.06. The van der Waals surface area contributed by atoms with E-state index in [1.165, 1.54) is 0 Å². The van der Waals surface area contributed by atoms with Crippen LogP contribution in [0.5, 0.6) is 0 Å². The molecule has 1 aromatic carbocycles. The Bertz CT molecular complexity index is 426. The average molecular weight is 232 g/mol. The lowest BCUT2D eigenvalue weighted by atomic mass is 9.93. The fourth-order valence-corrected chi connectivity index (χ4v) is 2.14. The van der Waals surface area contributed by atoms with Crippen molar-refractivity contribution in [2.75, 3.05) is 0 Å². The van der Waals surface area contributed by atoms with Gasteiger partial charge in [-0.15, -0.1) is 0 Å². The van der Waals surface area contributed by atoms with E-state index in [1.54, 1.807) is 6.21 Å². The first-order valence-electron chi connectivity index (χ1n) is 5.87. The van der Waals surface area contributed by atoms with Crippen LogP contribution in [0.25, 0.3) is 0 Å². The van der Waals surface area contributed by atoms with Crippen LogP contribution >= 0.6 is 0 Å². The first-order valence-corrected chi connectivity index (χ1v) is 5.87. The second kappa shape index (κ2) is 5.48. The van der Waals surface area contributed by atoms with Gasteiger partial charge in [0.05, 0.1) is 0 Å². The van der Waals surface area contributed by atoms with E-state index in [4.69, 9.17) is 5.21 Å². The molecule has 0 bridgehead atoms. The number of hydrogen-bond donors (Lipinski definition) is 1. The van der Waals surface area contributed by atoms with Crippen molar-refractivity contribution < 1.29 is 9.95 Å². The Balaban J connectivity index is 2.18. The van der Waals surface area contributed by atoms with Crippen LogP contribution in [0.3, 0.4) is 0 Å². The van der Waals surface area contributed by atoms with Crippen molar-refractivity contribution in [3.05, 3.63) is 41.1 Å². The SMILES string of the molecule is [O-][N+](=Cc1ccccc1)C1CCCCC1=NO. The van der Waals surface area contributed by atoms with Gasteiger partial charge in [-0.05, 0) is 31.4 Å². The van der Waals surface area contributed by atoms with E-state index in [9.17, 15) is 5.21 Å². The fourth-order valence-electron chi connectivity index (χ4n) is 2.14. The minimum Gasteiger partial charge on any atom is -0.623 e. The molecule has 1 unspecified atom stereocenters. The monoisotopic (exact) mass is 232 g/mol. The zero-order valence-electron chi connectivity index (χ0n) is 9.62. The highest BCUT2D eigenvalue weighted by molar-refractivity contribution is 5.89. The van der Waals surface area contributed by atoms with E-state index in [0.717, 1.165) is 29.6 Å². The van der Waals surface area contributed by atoms with Crippen molar-refractivity contribution in [3.63, 3.8) is 0 Å². The molecule has 1 aliphatic carbocycles. The molecule has 1 saturated carbocycles. The Hall–Kier alpha value is -1.84. The van der Waals surface area contributed by atoms with Gasteiger partial charge in [0.2, 0.25) is 6.04 Å². The van der Waals surface area contributed by atoms with Gasteiger partial charge in [0, 0.05) is 12.0 Å². The predicted molar refractivity (Wildman–Crippen MR) is 66.7 cm³/mol. The summed E-state index contributed by atoms with van der Waals surface area (Å²) in [5, 5.41) is 24.1. The molecule has 0 radical (unpaired) electrons. The molecule has 0 saturated heterocycles. The minimum atomic E-state index is -0.311. The van der Waals surface area contributed by atoms with Gasteiger partial charge in [0.25, 0.3) is 0 Å². The van der Waals surface area contributed by atoms with Crippen LogP contribution in [0.2, 0.25) is 0 Å². The van der Waals surface area contributed by atoms with Gasteiger partial charge < -0.3 is 10.4 Å². The molecule has 90 valence electrons. The molecule has 2 rings (SSSR count). The summed E-state index contributed by atoms with van der Waals surface area (Å²) in [6.45, 7) is 0. The molecule has 17 heavy (non-hydrogen) atoms. The van der Waals surface area contributed by atoms with Crippen molar-refractivity contribution >= 4 is 11.9 Å². The zero-order valence-corrected chi connectivity index (χ0v) is 9.62. The number of hydrogen-bond acceptors (Lipinski definition) is 3. The highest BCUT2D eigenvalue weighted by atomic mass is 16.5. The zero-order chi connectivity index (χ0) is 12.1. The standard InChI is InChI=1S/C13H16N2O2/c16-14-12-8-4-5-9-13(12)15(17)10-11-6-2-1-3-7-11/h1-3,6-7,10,13,16H,4-5,8-9H2. The maximum Gasteiger partial charge on any atom is 0.204 e. The predicted octanol–water partition coefficient (Wildman–Crippen LogP) is 2.39. The average Bonchev–Trinajstić information content (AvgIpc) is 2.40. The smallest absolute Gasteiger partial charge is 0.204 e. The van der Waals surface area contributed by atoms with Crippen molar-refractivity contribution in [2.45, 2.75) is 31.7 Å². The van der Waals surface area contributed by atoms with Gasteiger partial charge in [-0.2, -0.15) is 0 Å². The lowest BCUT2D eigenvalue weighted by Gasteiger charge is -2.21. The van der Waals surface area contributed by atoms with Crippen LogP contribution < -0.4 is 0 Å². The van der Waals surface area contributed by atoms with Gasteiger partial charge in [-0.1, -0.05) is 23.4 Å². The molecule has 1 aromatic rings. The molecule has 1 atom stereocenters. The van der Waals surface area contributed by atoms with Crippen LogP contribution in [0.4, 0.5) is 0 Å². The molecule has 0 aliphatic heterocycles. The molecule has 4 nitrogen and oxygen atoms in total. The van der Waals surface area contributed by atoms with E-state index >= 15 is 0 Å². The number of benzene rings is 1. The summed E-state index contributed by atoms with van der Waals surface area (Å²) in [5.74, 6) is 0. The van der Waals surface area contributed by atoms with Gasteiger partial charge in [0.1, 0.15) is 5.71 Å². The van der Waals surface area contributed by atoms with Crippen LogP contribution in [-0.2, 0) is 0 Å². The van der Waals surface area contributed by atoms with Crippen LogP contribution in [0.1, 0.15) is 31.2 Å². The normalized spacial score (nSPS) is 23.9. The summed E-state index contributed by atoms with van der Waals surface area (Å²) in [6, 6.07) is 9.14. The Morgan fingerprint density at radius 3 is 2.76 bits per heavy atom. The first-order chi connectivity index (χ1) is 8.31. The van der Waals surface area contributed by atoms with Gasteiger partial charge >= 0.3 is 0 Å². The molecule has 0 amide bonds. The summed E-state index contributed by atoms with van der Waals surface area (Å²) in [4.78, 5) is 0. The lowest BCUT2D eigenvalue weighted by molar-refractivity contribution is -0.478. The molecule has 1 aliphatic rings. The van der Waals surface area contributed by atoms with E-state index in [-0.39, 0.29) is 6.04 Å². The summed E-state index contributed by atoms with van der Waals surface area (Å²) >= 11 is 0. The highest BCUT2D eigenvalue weighted by Gasteiger charge is 2.27. The van der Waals surface area contributed by atoms with Crippen molar-refractivity contribution in [1.82, 2.24) is 0 Å². The summed E-state index contributed by atoms with van der Waals surface area (Å²) in [5.41, 5.74) is 1.46. The van der Waals surface area contributed by atoms with Crippen molar-refractivity contribution in [3.8, 4) is 0 Å². The topological polar surface area (TPSA) is 58.7 Å². The largest absolute Gasteiger partial charge is 0.623 e. The van der Waals surface area contributed by atoms with Crippen molar-refractivity contribution in [2.24, 2.45) is 5.16 Å². The number of hydroxylamine groups is 1. The van der Waals surface area contributed by atoms with Crippen molar-refractivity contribution in [1.29, 1.82) is 0 Å². The van der Waals surface area contributed by atoms with E-state index in [1.807, 2.05) is 30.3 Å². The molecule has 0 spiro atoms. The van der Waals surface area contributed by atoms with Crippen LogP contribution in [0.15, 0.2) is 35.5 Å². The second-order valence-electron chi connectivity index (χ2n) is 4.25.